The SMILES string of the molecule is CC(C)(C)C(=O)NC1CCN(c2nccs2)CC1. The van der Waals surface area contributed by atoms with Crippen LogP contribution in [0.15, 0.2) is 11.6 Å². The van der Waals surface area contributed by atoms with Crippen LogP contribution in [0.2, 0.25) is 0 Å². The molecule has 1 saturated heterocycles. The summed E-state index contributed by atoms with van der Waals surface area (Å²) in [5, 5.41) is 6.24. The smallest absolute Gasteiger partial charge is 0.225 e. The van der Waals surface area contributed by atoms with Gasteiger partial charge in [0.25, 0.3) is 0 Å². The summed E-state index contributed by atoms with van der Waals surface area (Å²) in [6.07, 6.45) is 3.84. The second-order valence-electron chi connectivity index (χ2n) is 5.80. The van der Waals surface area contributed by atoms with Gasteiger partial charge in [0.1, 0.15) is 0 Å². The summed E-state index contributed by atoms with van der Waals surface area (Å²) < 4.78 is 0. The number of hydrogen-bond donors (Lipinski definition) is 1. The van der Waals surface area contributed by atoms with E-state index in [1.54, 1.807) is 11.3 Å². The molecule has 1 aliphatic rings. The van der Waals surface area contributed by atoms with Crippen LogP contribution < -0.4 is 10.2 Å². The van der Waals surface area contributed by atoms with Gasteiger partial charge < -0.3 is 10.2 Å². The van der Waals surface area contributed by atoms with Crippen molar-refractivity contribution in [1.29, 1.82) is 0 Å². The van der Waals surface area contributed by atoms with Gasteiger partial charge in [-0.3, -0.25) is 4.79 Å². The molecule has 1 fully saturated rings. The molecule has 0 unspecified atom stereocenters. The Balaban J connectivity index is 1.82. The minimum atomic E-state index is -0.299. The van der Waals surface area contributed by atoms with Crippen molar-refractivity contribution in [2.24, 2.45) is 5.41 Å². The molecule has 2 heterocycles. The monoisotopic (exact) mass is 267 g/mol. The number of nitrogens with zero attached hydrogens (tertiary/aromatic N) is 2. The molecule has 0 aliphatic carbocycles. The third kappa shape index (κ3) is 3.22. The van der Waals surface area contributed by atoms with Crippen LogP contribution in [-0.4, -0.2) is 30.0 Å². The first-order chi connectivity index (χ1) is 8.47. The van der Waals surface area contributed by atoms with Gasteiger partial charge in [0.2, 0.25) is 5.91 Å². The Morgan fingerprint density at radius 2 is 2.11 bits per heavy atom. The molecule has 0 atom stereocenters. The van der Waals surface area contributed by atoms with E-state index in [0.29, 0.717) is 6.04 Å². The number of thiazole rings is 1. The number of piperidine rings is 1. The van der Waals surface area contributed by atoms with Crippen LogP contribution in [0.4, 0.5) is 5.13 Å². The lowest BCUT2D eigenvalue weighted by Crippen LogP contribution is -2.47. The van der Waals surface area contributed by atoms with Gasteiger partial charge in [0.05, 0.1) is 0 Å². The molecule has 1 aliphatic heterocycles. The fourth-order valence-electron chi connectivity index (χ4n) is 1.99. The third-order valence-corrected chi connectivity index (χ3v) is 4.03. The van der Waals surface area contributed by atoms with E-state index >= 15 is 0 Å². The molecular formula is C13H21N3OS. The second-order valence-corrected chi connectivity index (χ2v) is 6.67. The standard InChI is InChI=1S/C13H21N3OS/c1-13(2,3)11(17)15-10-4-7-16(8-5-10)12-14-6-9-18-12/h6,9-10H,4-5,7-8H2,1-3H3,(H,15,17). The predicted molar refractivity (Wildman–Crippen MR) is 74.9 cm³/mol. The van der Waals surface area contributed by atoms with Gasteiger partial charge in [-0.15, -0.1) is 11.3 Å². The maximum atomic E-state index is 11.9. The summed E-state index contributed by atoms with van der Waals surface area (Å²) in [5.74, 6) is 0.148. The highest BCUT2D eigenvalue weighted by Gasteiger charge is 2.26. The Morgan fingerprint density at radius 1 is 1.44 bits per heavy atom. The van der Waals surface area contributed by atoms with Crippen LogP contribution in [-0.2, 0) is 4.79 Å². The molecule has 2 rings (SSSR count). The van der Waals surface area contributed by atoms with Crippen molar-refractivity contribution in [2.75, 3.05) is 18.0 Å². The Kier molecular flexibility index (Phi) is 3.90. The first kappa shape index (κ1) is 13.3. The molecular weight excluding hydrogens is 246 g/mol. The number of anilines is 1. The van der Waals surface area contributed by atoms with Gasteiger partial charge >= 0.3 is 0 Å². The van der Waals surface area contributed by atoms with E-state index in [1.165, 1.54) is 0 Å². The molecule has 1 N–H and O–H groups in total. The minimum Gasteiger partial charge on any atom is -0.353 e. The first-order valence-electron chi connectivity index (χ1n) is 6.42. The highest BCUT2D eigenvalue weighted by Crippen LogP contribution is 2.22. The molecule has 0 bridgehead atoms. The third-order valence-electron chi connectivity index (χ3n) is 3.20. The summed E-state index contributed by atoms with van der Waals surface area (Å²) in [6, 6.07) is 0.313. The average Bonchev–Trinajstić information content (AvgIpc) is 2.82. The number of carbonyl (C=O) groups excluding carboxylic acids is 1. The van der Waals surface area contributed by atoms with Gasteiger partial charge in [-0.25, -0.2) is 4.98 Å². The summed E-state index contributed by atoms with van der Waals surface area (Å²) in [6.45, 7) is 7.80. The number of aromatic nitrogens is 1. The Morgan fingerprint density at radius 3 is 2.61 bits per heavy atom. The van der Waals surface area contributed by atoms with Crippen molar-refractivity contribution < 1.29 is 4.79 Å². The van der Waals surface area contributed by atoms with E-state index < -0.39 is 0 Å². The van der Waals surface area contributed by atoms with Crippen molar-refractivity contribution in [2.45, 2.75) is 39.7 Å². The number of carbonyl (C=O) groups is 1. The number of hydrogen-bond acceptors (Lipinski definition) is 4. The topological polar surface area (TPSA) is 45.2 Å². The largest absolute Gasteiger partial charge is 0.353 e. The molecule has 100 valence electrons. The van der Waals surface area contributed by atoms with Crippen LogP contribution in [0.5, 0.6) is 0 Å². The van der Waals surface area contributed by atoms with Gasteiger partial charge in [-0.1, -0.05) is 20.8 Å². The van der Waals surface area contributed by atoms with Crippen LogP contribution in [0.3, 0.4) is 0 Å². The van der Waals surface area contributed by atoms with Gasteiger partial charge in [-0.05, 0) is 12.8 Å². The first-order valence-corrected chi connectivity index (χ1v) is 7.30. The summed E-state index contributed by atoms with van der Waals surface area (Å²) >= 11 is 1.68. The van der Waals surface area contributed by atoms with E-state index in [4.69, 9.17) is 0 Å². The second kappa shape index (κ2) is 5.26. The number of rotatable bonds is 2. The predicted octanol–water partition coefficient (Wildman–Crippen LogP) is 2.27. The van der Waals surface area contributed by atoms with Crippen molar-refractivity contribution in [3.63, 3.8) is 0 Å². The fraction of sp³-hybridized carbons (Fsp3) is 0.692. The molecule has 0 aromatic carbocycles. The minimum absolute atomic E-state index is 0.148. The molecule has 18 heavy (non-hydrogen) atoms. The zero-order valence-corrected chi connectivity index (χ0v) is 12.1. The van der Waals surface area contributed by atoms with Crippen molar-refractivity contribution >= 4 is 22.4 Å². The van der Waals surface area contributed by atoms with Gasteiger partial charge in [-0.2, -0.15) is 0 Å². The quantitative estimate of drug-likeness (QED) is 0.894. The van der Waals surface area contributed by atoms with E-state index in [1.807, 2.05) is 32.3 Å². The number of amides is 1. The number of nitrogens with one attached hydrogen (secondary N) is 1. The van der Waals surface area contributed by atoms with E-state index in [0.717, 1.165) is 31.1 Å². The van der Waals surface area contributed by atoms with E-state index in [9.17, 15) is 4.79 Å². The van der Waals surface area contributed by atoms with Crippen molar-refractivity contribution in [1.82, 2.24) is 10.3 Å². The highest BCUT2D eigenvalue weighted by molar-refractivity contribution is 7.13. The maximum absolute atomic E-state index is 11.9. The highest BCUT2D eigenvalue weighted by atomic mass is 32.1. The van der Waals surface area contributed by atoms with Crippen LogP contribution in [0.25, 0.3) is 0 Å². The van der Waals surface area contributed by atoms with Crippen LogP contribution in [0.1, 0.15) is 33.6 Å². The lowest BCUT2D eigenvalue weighted by atomic mass is 9.94. The molecule has 1 aromatic rings. The summed E-state index contributed by atoms with van der Waals surface area (Å²) in [5.41, 5.74) is -0.299. The lowest BCUT2D eigenvalue weighted by molar-refractivity contribution is -0.129. The van der Waals surface area contributed by atoms with Gasteiger partial charge in [0.15, 0.2) is 5.13 Å². The summed E-state index contributed by atoms with van der Waals surface area (Å²) in [4.78, 5) is 18.5. The molecule has 0 spiro atoms. The fourth-order valence-corrected chi connectivity index (χ4v) is 2.69. The molecule has 1 amide bonds. The normalized spacial score (nSPS) is 17.8. The van der Waals surface area contributed by atoms with Crippen LogP contribution >= 0.6 is 11.3 Å². The molecule has 0 saturated carbocycles. The van der Waals surface area contributed by atoms with E-state index in [2.05, 4.69) is 15.2 Å². The van der Waals surface area contributed by atoms with Crippen LogP contribution in [0, 0.1) is 5.41 Å². The van der Waals surface area contributed by atoms with Crippen molar-refractivity contribution in [3.05, 3.63) is 11.6 Å². The lowest BCUT2D eigenvalue weighted by Gasteiger charge is -2.33. The molecule has 0 radical (unpaired) electrons. The molecule has 1 aromatic heterocycles. The Labute approximate surface area is 112 Å². The Bertz CT molecular complexity index is 389. The maximum Gasteiger partial charge on any atom is 0.225 e. The van der Waals surface area contributed by atoms with E-state index in [-0.39, 0.29) is 11.3 Å². The molecule has 4 nitrogen and oxygen atoms in total. The zero-order valence-electron chi connectivity index (χ0n) is 11.3. The average molecular weight is 267 g/mol. The zero-order chi connectivity index (χ0) is 13.2. The molecule has 5 heteroatoms. The van der Waals surface area contributed by atoms with Gasteiger partial charge in [0, 0.05) is 36.1 Å². The summed E-state index contributed by atoms with van der Waals surface area (Å²) in [7, 11) is 0. The van der Waals surface area contributed by atoms with Crippen molar-refractivity contribution in [3.8, 4) is 0 Å². The Hall–Kier alpha value is -1.10.